The molecule has 0 atom stereocenters. The van der Waals surface area contributed by atoms with Gasteiger partial charge in [0, 0.05) is 6.08 Å². The van der Waals surface area contributed by atoms with Crippen LogP contribution in [0.4, 0.5) is 0 Å². The second kappa shape index (κ2) is 9.75. The maximum atomic E-state index is 9.72. The maximum absolute atomic E-state index is 9.72. The lowest BCUT2D eigenvalue weighted by Crippen LogP contribution is -2.04. The maximum Gasteiger partial charge on any atom is 0.348 e. The number of nitrogens with one attached hydrogen (secondary N) is 1. The Morgan fingerprint density at radius 3 is 2.22 bits per heavy atom. The molecular formula is C4H6N2O3. The first kappa shape index (κ1) is 10.5. The summed E-state index contributed by atoms with van der Waals surface area (Å²) in [5.41, 5.74) is 0. The zero-order valence-electron chi connectivity index (χ0n) is 4.59. The van der Waals surface area contributed by atoms with Gasteiger partial charge in [-0.3, -0.25) is 0 Å². The Kier molecular flexibility index (Phi) is 11.4. The Morgan fingerprint density at radius 2 is 2.22 bits per heavy atom. The molecule has 0 bridgehead atoms. The van der Waals surface area contributed by atoms with Crippen LogP contribution in [0.3, 0.4) is 0 Å². The van der Waals surface area contributed by atoms with E-state index in [1.165, 1.54) is 0 Å². The van der Waals surface area contributed by atoms with Crippen LogP contribution in [0.25, 0.3) is 0 Å². The standard InChI is InChI=1S/C3H5NO2.CHNO/c1-2-3(5)6-4;2-1-3/h2H,1,4H2;2H. The molecule has 0 saturated carbocycles. The summed E-state index contributed by atoms with van der Waals surface area (Å²) in [6.07, 6.45) is 1.74. The summed E-state index contributed by atoms with van der Waals surface area (Å²) in [6, 6.07) is 0. The predicted molar refractivity (Wildman–Crippen MR) is 28.9 cm³/mol. The lowest BCUT2D eigenvalue weighted by molar-refractivity contribution is -0.138. The van der Waals surface area contributed by atoms with Gasteiger partial charge < -0.3 is 4.84 Å². The zero-order chi connectivity index (χ0) is 7.70. The molecule has 0 spiro atoms. The van der Waals surface area contributed by atoms with Crippen molar-refractivity contribution in [1.82, 2.24) is 0 Å². The molecule has 0 rings (SSSR count). The van der Waals surface area contributed by atoms with Crippen molar-refractivity contribution in [2.75, 3.05) is 0 Å². The van der Waals surface area contributed by atoms with Crippen molar-refractivity contribution in [2.45, 2.75) is 0 Å². The van der Waals surface area contributed by atoms with E-state index in [-0.39, 0.29) is 0 Å². The average molecular weight is 130 g/mol. The van der Waals surface area contributed by atoms with Crippen molar-refractivity contribution >= 4 is 12.0 Å². The second-order valence-electron chi connectivity index (χ2n) is 0.743. The van der Waals surface area contributed by atoms with Crippen LogP contribution in [0.1, 0.15) is 0 Å². The van der Waals surface area contributed by atoms with Gasteiger partial charge >= 0.3 is 5.97 Å². The summed E-state index contributed by atoms with van der Waals surface area (Å²) in [6.45, 7) is 3.08. The quantitative estimate of drug-likeness (QED) is 0.216. The number of nitrogens with two attached hydrogens (primary N) is 1. The van der Waals surface area contributed by atoms with E-state index in [4.69, 9.17) is 10.2 Å². The van der Waals surface area contributed by atoms with Gasteiger partial charge in [-0.2, -0.15) is 5.90 Å². The molecule has 3 N–H and O–H groups in total. The number of carbonyl (C=O) groups excluding carboxylic acids is 2. The summed E-state index contributed by atoms with van der Waals surface area (Å²) < 4.78 is 0. The highest BCUT2D eigenvalue weighted by Crippen LogP contribution is 1.64. The summed E-state index contributed by atoms with van der Waals surface area (Å²) in [7, 11) is 0. The smallest absolute Gasteiger partial charge is 0.348 e. The van der Waals surface area contributed by atoms with Crippen LogP contribution in [0.5, 0.6) is 0 Å². The highest BCUT2D eigenvalue weighted by atomic mass is 16.7. The van der Waals surface area contributed by atoms with Crippen LogP contribution in [0.15, 0.2) is 12.7 Å². The lowest BCUT2D eigenvalue weighted by atomic mass is 10.7. The molecule has 0 amide bonds. The lowest BCUT2D eigenvalue weighted by Gasteiger charge is -1.81. The van der Waals surface area contributed by atoms with Gasteiger partial charge in [-0.1, -0.05) is 6.58 Å². The Morgan fingerprint density at radius 1 is 1.89 bits per heavy atom. The van der Waals surface area contributed by atoms with E-state index in [9.17, 15) is 4.79 Å². The molecule has 0 aromatic heterocycles. The fourth-order valence-corrected chi connectivity index (χ4v) is 0.0481. The molecular weight excluding hydrogens is 124 g/mol. The van der Waals surface area contributed by atoms with Crippen molar-refractivity contribution in [3.63, 3.8) is 0 Å². The molecule has 0 radical (unpaired) electrons. The SMILES string of the molecule is C=CC(=O)ON.N=C=O. The minimum atomic E-state index is -0.616. The van der Waals surface area contributed by atoms with Crippen LogP contribution >= 0.6 is 0 Å². The molecule has 0 saturated heterocycles. The minimum Gasteiger partial charge on any atom is -0.370 e. The molecule has 0 aliphatic rings. The minimum absolute atomic E-state index is 0.616. The third-order valence-corrected chi connectivity index (χ3v) is 0.283. The predicted octanol–water partition coefficient (Wildman–Crippen LogP) is -0.510. The fourth-order valence-electron chi connectivity index (χ4n) is 0.0481. The largest absolute Gasteiger partial charge is 0.370 e. The second-order valence-corrected chi connectivity index (χ2v) is 0.743. The van der Waals surface area contributed by atoms with Crippen LogP contribution in [-0.4, -0.2) is 12.0 Å². The van der Waals surface area contributed by atoms with Crippen molar-refractivity contribution in [2.24, 2.45) is 5.90 Å². The van der Waals surface area contributed by atoms with E-state index in [0.717, 1.165) is 12.2 Å². The molecule has 0 aromatic rings. The van der Waals surface area contributed by atoms with Gasteiger partial charge in [-0.25, -0.2) is 15.0 Å². The van der Waals surface area contributed by atoms with Crippen LogP contribution in [0, 0.1) is 5.41 Å². The molecule has 0 aromatic carbocycles. The number of carbonyl (C=O) groups is 1. The first-order valence-corrected chi connectivity index (χ1v) is 1.79. The number of isocyanates is 1. The Hall–Kier alpha value is -1.45. The molecule has 5 heteroatoms. The summed E-state index contributed by atoms with van der Waals surface area (Å²) in [4.78, 5) is 21.7. The van der Waals surface area contributed by atoms with Gasteiger partial charge in [-0.05, 0) is 0 Å². The molecule has 0 unspecified atom stereocenters. The molecule has 0 aliphatic carbocycles. The van der Waals surface area contributed by atoms with E-state index in [0.29, 0.717) is 0 Å². The monoisotopic (exact) mass is 130 g/mol. The van der Waals surface area contributed by atoms with Crippen LogP contribution in [-0.2, 0) is 14.4 Å². The van der Waals surface area contributed by atoms with Gasteiger partial charge in [-0.15, -0.1) is 0 Å². The van der Waals surface area contributed by atoms with Crippen molar-refractivity contribution in [3.05, 3.63) is 12.7 Å². The summed E-state index contributed by atoms with van der Waals surface area (Å²) >= 11 is 0. The molecule has 9 heavy (non-hydrogen) atoms. The van der Waals surface area contributed by atoms with E-state index in [1.807, 2.05) is 0 Å². The van der Waals surface area contributed by atoms with E-state index >= 15 is 0 Å². The summed E-state index contributed by atoms with van der Waals surface area (Å²) in [5.74, 6) is 3.75. The van der Waals surface area contributed by atoms with Crippen molar-refractivity contribution < 1.29 is 14.4 Å². The van der Waals surface area contributed by atoms with Crippen molar-refractivity contribution in [1.29, 1.82) is 5.41 Å². The highest BCUT2D eigenvalue weighted by molar-refractivity contribution is 5.80. The van der Waals surface area contributed by atoms with E-state index < -0.39 is 5.97 Å². The normalized spacial score (nSPS) is 5.44. The average Bonchev–Trinajstić information content (AvgIpc) is 1.88. The Labute approximate surface area is 51.6 Å². The third-order valence-electron chi connectivity index (χ3n) is 0.283. The van der Waals surface area contributed by atoms with Crippen LogP contribution in [0.2, 0.25) is 0 Å². The number of hydrogen-bond acceptors (Lipinski definition) is 5. The number of hydrogen-bond donors (Lipinski definition) is 2. The van der Waals surface area contributed by atoms with E-state index in [2.05, 4.69) is 17.3 Å². The Bertz CT molecular complexity index is 126. The first-order valence-electron chi connectivity index (χ1n) is 1.79. The van der Waals surface area contributed by atoms with Crippen molar-refractivity contribution in [3.8, 4) is 0 Å². The van der Waals surface area contributed by atoms with E-state index in [1.54, 1.807) is 0 Å². The zero-order valence-corrected chi connectivity index (χ0v) is 4.59. The van der Waals surface area contributed by atoms with Gasteiger partial charge in [0.25, 0.3) is 0 Å². The molecule has 50 valence electrons. The topological polar surface area (TPSA) is 93.2 Å². The molecule has 0 fully saturated rings. The first-order chi connectivity index (χ1) is 4.22. The number of rotatable bonds is 1. The molecule has 5 nitrogen and oxygen atoms in total. The summed E-state index contributed by atoms with van der Waals surface area (Å²) in [5, 5.41) is 5.40. The van der Waals surface area contributed by atoms with Gasteiger partial charge in [0.2, 0.25) is 6.08 Å². The van der Waals surface area contributed by atoms with Gasteiger partial charge in [0.05, 0.1) is 0 Å². The molecule has 0 heterocycles. The highest BCUT2D eigenvalue weighted by Gasteiger charge is 1.83. The Balaban J connectivity index is 0. The van der Waals surface area contributed by atoms with Crippen LogP contribution < -0.4 is 5.90 Å². The fraction of sp³-hybridized carbons (Fsp3) is 0. The van der Waals surface area contributed by atoms with Gasteiger partial charge in [0.15, 0.2) is 0 Å². The van der Waals surface area contributed by atoms with Gasteiger partial charge in [0.1, 0.15) is 0 Å². The third kappa shape index (κ3) is 20.9. The molecule has 0 aliphatic heterocycles.